The smallest absolute Gasteiger partial charge is 0.295 e. The number of ether oxygens (including phenoxy) is 1. The molecule has 1 aliphatic heterocycles. The number of ketones is 1. The first-order chi connectivity index (χ1) is 15.5. The van der Waals surface area contributed by atoms with Crippen molar-refractivity contribution in [2.24, 2.45) is 0 Å². The molecule has 0 aliphatic carbocycles. The monoisotopic (exact) mass is 448 g/mol. The number of carbonyl (C=O) groups is 2. The Kier molecular flexibility index (Phi) is 6.23. The van der Waals surface area contributed by atoms with Gasteiger partial charge in [-0.2, -0.15) is 0 Å². The first-order valence-corrected chi connectivity index (χ1v) is 10.5. The molecule has 1 aromatic heterocycles. The summed E-state index contributed by atoms with van der Waals surface area (Å²) >= 11 is 6.17. The van der Waals surface area contributed by atoms with Gasteiger partial charge in [0.25, 0.3) is 11.7 Å². The number of carbonyl (C=O) groups excluding carboxylic acids is 2. The Balaban J connectivity index is 1.85. The van der Waals surface area contributed by atoms with E-state index in [-0.39, 0.29) is 17.9 Å². The molecule has 7 heteroatoms. The van der Waals surface area contributed by atoms with E-state index < -0.39 is 17.7 Å². The van der Waals surface area contributed by atoms with Gasteiger partial charge in [0.15, 0.2) is 0 Å². The molecule has 1 fully saturated rings. The van der Waals surface area contributed by atoms with E-state index in [2.05, 4.69) is 4.98 Å². The van der Waals surface area contributed by atoms with Crippen LogP contribution in [0.4, 0.5) is 0 Å². The van der Waals surface area contributed by atoms with Gasteiger partial charge in [-0.25, -0.2) is 0 Å². The van der Waals surface area contributed by atoms with Crippen molar-refractivity contribution in [1.29, 1.82) is 0 Å². The van der Waals surface area contributed by atoms with E-state index in [9.17, 15) is 14.7 Å². The van der Waals surface area contributed by atoms with Crippen LogP contribution < -0.4 is 4.74 Å². The van der Waals surface area contributed by atoms with E-state index >= 15 is 0 Å². The highest BCUT2D eigenvalue weighted by atomic mass is 35.5. The maximum atomic E-state index is 13.1. The molecule has 0 saturated carbocycles. The van der Waals surface area contributed by atoms with Crippen LogP contribution >= 0.6 is 11.6 Å². The quantitative estimate of drug-likeness (QED) is 0.334. The average molecular weight is 449 g/mol. The minimum atomic E-state index is -0.748. The van der Waals surface area contributed by atoms with Crippen molar-refractivity contribution in [2.75, 3.05) is 6.61 Å². The van der Waals surface area contributed by atoms with Gasteiger partial charge in [-0.1, -0.05) is 48.0 Å². The van der Waals surface area contributed by atoms with Crippen LogP contribution in [0.1, 0.15) is 29.7 Å². The molecule has 1 atom stereocenters. The van der Waals surface area contributed by atoms with Crippen molar-refractivity contribution in [1.82, 2.24) is 9.88 Å². The summed E-state index contributed by atoms with van der Waals surface area (Å²) in [5.74, 6) is -1.31. The van der Waals surface area contributed by atoms with Gasteiger partial charge in [-0.05, 0) is 42.3 Å². The second kappa shape index (κ2) is 9.24. The Morgan fingerprint density at radius 1 is 1.12 bits per heavy atom. The van der Waals surface area contributed by atoms with Crippen molar-refractivity contribution in [3.05, 3.63) is 100 Å². The van der Waals surface area contributed by atoms with Gasteiger partial charge in [0.1, 0.15) is 11.5 Å². The Morgan fingerprint density at radius 2 is 1.91 bits per heavy atom. The number of aliphatic hydroxyl groups is 1. The van der Waals surface area contributed by atoms with Crippen LogP contribution in [0, 0.1) is 0 Å². The number of pyridine rings is 1. The fraction of sp³-hybridized carbons (Fsp3) is 0.160. The average Bonchev–Trinajstić information content (AvgIpc) is 3.06. The zero-order valence-corrected chi connectivity index (χ0v) is 18.1. The van der Waals surface area contributed by atoms with Crippen molar-refractivity contribution in [3.63, 3.8) is 0 Å². The van der Waals surface area contributed by atoms with Crippen LogP contribution in [0.15, 0.2) is 78.6 Å². The number of aliphatic hydroxyl groups excluding tert-OH is 1. The summed E-state index contributed by atoms with van der Waals surface area (Å²) in [6, 6.07) is 16.8. The van der Waals surface area contributed by atoms with Crippen LogP contribution in [-0.4, -0.2) is 33.3 Å². The molecule has 1 unspecified atom stereocenters. The molecule has 1 N–H and O–H groups in total. The molecule has 2 aromatic carbocycles. The maximum absolute atomic E-state index is 13.1. The molecule has 0 bridgehead atoms. The van der Waals surface area contributed by atoms with Gasteiger partial charge in [0.2, 0.25) is 0 Å². The van der Waals surface area contributed by atoms with Crippen LogP contribution in [0.3, 0.4) is 0 Å². The first-order valence-electron chi connectivity index (χ1n) is 10.2. The highest BCUT2D eigenvalue weighted by molar-refractivity contribution is 6.46. The molecule has 32 heavy (non-hydrogen) atoms. The minimum absolute atomic E-state index is 0.0230. The minimum Gasteiger partial charge on any atom is -0.507 e. The Hall–Kier alpha value is -3.64. The second-order valence-electron chi connectivity index (χ2n) is 7.28. The summed E-state index contributed by atoms with van der Waals surface area (Å²) in [4.78, 5) is 31.7. The number of likely N-dealkylation sites (tertiary alicyclic amines) is 1. The van der Waals surface area contributed by atoms with Crippen LogP contribution in [0.5, 0.6) is 5.75 Å². The van der Waals surface area contributed by atoms with Gasteiger partial charge >= 0.3 is 0 Å². The van der Waals surface area contributed by atoms with Crippen LogP contribution in [0.2, 0.25) is 5.02 Å². The maximum Gasteiger partial charge on any atom is 0.295 e. The van der Waals surface area contributed by atoms with Crippen molar-refractivity contribution in [2.45, 2.75) is 19.5 Å². The van der Waals surface area contributed by atoms with Gasteiger partial charge in [-0.15, -0.1) is 0 Å². The highest BCUT2D eigenvalue weighted by Gasteiger charge is 2.46. The summed E-state index contributed by atoms with van der Waals surface area (Å²) in [5, 5.41) is 11.6. The van der Waals surface area contributed by atoms with E-state index in [1.54, 1.807) is 36.7 Å². The zero-order chi connectivity index (χ0) is 22.7. The summed E-state index contributed by atoms with van der Waals surface area (Å²) in [6.07, 6.45) is 3.29. The number of hydrogen-bond acceptors (Lipinski definition) is 5. The summed E-state index contributed by atoms with van der Waals surface area (Å²) in [7, 11) is 0. The number of Topliss-reactive ketones (excluding diaryl/α,β-unsaturated/α-hetero) is 1. The van der Waals surface area contributed by atoms with Gasteiger partial charge in [-0.3, -0.25) is 14.6 Å². The predicted molar refractivity (Wildman–Crippen MR) is 121 cm³/mol. The molecule has 0 spiro atoms. The van der Waals surface area contributed by atoms with E-state index in [0.29, 0.717) is 22.9 Å². The number of amides is 1. The third-order valence-corrected chi connectivity index (χ3v) is 5.55. The largest absolute Gasteiger partial charge is 0.507 e. The molecule has 2 heterocycles. The lowest BCUT2D eigenvalue weighted by Crippen LogP contribution is -2.29. The van der Waals surface area contributed by atoms with Gasteiger partial charge in [0, 0.05) is 24.5 Å². The summed E-state index contributed by atoms with van der Waals surface area (Å²) in [5.41, 5.74) is 1.87. The number of benzene rings is 2. The van der Waals surface area contributed by atoms with E-state index in [1.165, 1.54) is 4.90 Å². The lowest BCUT2D eigenvalue weighted by atomic mass is 9.95. The van der Waals surface area contributed by atoms with Gasteiger partial charge < -0.3 is 14.7 Å². The van der Waals surface area contributed by atoms with E-state index in [1.807, 2.05) is 43.3 Å². The molecular weight excluding hydrogens is 428 g/mol. The van der Waals surface area contributed by atoms with E-state index in [4.69, 9.17) is 16.3 Å². The normalized spacial score (nSPS) is 17.6. The molecular formula is C25H21ClN2O4. The third kappa shape index (κ3) is 4.09. The predicted octanol–water partition coefficient (Wildman–Crippen LogP) is 4.76. The summed E-state index contributed by atoms with van der Waals surface area (Å²) in [6.45, 7) is 2.39. The number of aromatic nitrogens is 1. The summed E-state index contributed by atoms with van der Waals surface area (Å²) < 4.78 is 5.51. The Labute approximate surface area is 190 Å². The highest BCUT2D eigenvalue weighted by Crippen LogP contribution is 2.41. The molecule has 162 valence electrons. The molecule has 1 amide bonds. The molecule has 1 saturated heterocycles. The Bertz CT molecular complexity index is 1180. The molecule has 6 nitrogen and oxygen atoms in total. The topological polar surface area (TPSA) is 79.7 Å². The fourth-order valence-electron chi connectivity index (χ4n) is 3.79. The number of nitrogens with zero attached hydrogens (tertiary/aromatic N) is 2. The standard InChI is InChI=1S/C25H21ClN2O4/c1-2-32-20-13-18(10-11-19(20)26)23(29)21-22(17-8-4-3-5-9-17)28(25(31)24(21)30)15-16-7-6-12-27-14-16/h3-14,22,29H,2,15H2,1H3/b23-21-. The zero-order valence-electron chi connectivity index (χ0n) is 17.4. The molecule has 4 rings (SSSR count). The fourth-order valence-corrected chi connectivity index (χ4v) is 3.96. The second-order valence-corrected chi connectivity index (χ2v) is 7.68. The van der Waals surface area contributed by atoms with Gasteiger partial charge in [0.05, 0.1) is 23.2 Å². The SMILES string of the molecule is CCOc1cc(/C(O)=C2/C(=O)C(=O)N(Cc3cccnc3)C2c2ccccc2)ccc1Cl. The van der Waals surface area contributed by atoms with Crippen molar-refractivity contribution in [3.8, 4) is 5.75 Å². The number of hydrogen-bond donors (Lipinski definition) is 1. The first kappa shape index (κ1) is 21.6. The number of rotatable bonds is 6. The Morgan fingerprint density at radius 3 is 2.59 bits per heavy atom. The lowest BCUT2D eigenvalue weighted by molar-refractivity contribution is -0.140. The molecule has 3 aromatic rings. The molecule has 1 aliphatic rings. The molecule has 0 radical (unpaired) electrons. The van der Waals surface area contributed by atoms with Crippen LogP contribution in [0.25, 0.3) is 5.76 Å². The van der Waals surface area contributed by atoms with Crippen molar-refractivity contribution >= 4 is 29.1 Å². The van der Waals surface area contributed by atoms with Crippen LogP contribution in [-0.2, 0) is 16.1 Å². The van der Waals surface area contributed by atoms with E-state index in [0.717, 1.165) is 11.1 Å². The lowest BCUT2D eigenvalue weighted by Gasteiger charge is -2.25. The van der Waals surface area contributed by atoms with Crippen molar-refractivity contribution < 1.29 is 19.4 Å². The third-order valence-electron chi connectivity index (χ3n) is 5.24. The number of halogens is 1.